The second kappa shape index (κ2) is 7.76. The Balaban J connectivity index is 1.36. The predicted octanol–water partition coefficient (Wildman–Crippen LogP) is 2.54. The molecule has 7 nitrogen and oxygen atoms in total. The number of aromatic nitrogens is 2. The number of rotatable bonds is 5. The van der Waals surface area contributed by atoms with E-state index in [0.717, 1.165) is 50.8 Å². The number of ether oxygens (including phenoxy) is 1. The third-order valence-electron chi connectivity index (χ3n) is 6.17. The summed E-state index contributed by atoms with van der Waals surface area (Å²) >= 11 is 0. The van der Waals surface area contributed by atoms with Crippen molar-refractivity contribution in [1.29, 1.82) is 0 Å². The van der Waals surface area contributed by atoms with Crippen molar-refractivity contribution in [2.45, 2.75) is 31.0 Å². The molecule has 3 N–H and O–H groups in total. The zero-order valence-corrected chi connectivity index (χ0v) is 16.4. The van der Waals surface area contributed by atoms with Crippen LogP contribution in [0.25, 0.3) is 0 Å². The molecule has 3 saturated heterocycles. The van der Waals surface area contributed by atoms with Gasteiger partial charge >= 0.3 is 0 Å². The zero-order valence-electron chi connectivity index (χ0n) is 16.4. The molecule has 0 saturated carbocycles. The fraction of sp³-hybridized carbons (Fsp3) is 0.524. The number of halogens is 1. The van der Waals surface area contributed by atoms with Crippen LogP contribution in [-0.2, 0) is 4.74 Å². The van der Waals surface area contributed by atoms with Gasteiger partial charge in [-0.2, -0.15) is 0 Å². The lowest BCUT2D eigenvalue weighted by atomic mass is 9.89. The van der Waals surface area contributed by atoms with E-state index in [0.29, 0.717) is 36.6 Å². The van der Waals surface area contributed by atoms with Crippen molar-refractivity contribution in [3.63, 3.8) is 0 Å². The first-order valence-electron chi connectivity index (χ1n) is 10.4. The normalized spacial score (nSPS) is 21.6. The minimum Gasteiger partial charge on any atom is -0.399 e. The van der Waals surface area contributed by atoms with E-state index in [9.17, 15) is 4.39 Å². The van der Waals surface area contributed by atoms with Crippen LogP contribution in [0.2, 0.25) is 0 Å². The van der Waals surface area contributed by atoms with Gasteiger partial charge in [-0.1, -0.05) is 0 Å². The Morgan fingerprint density at radius 1 is 1.10 bits per heavy atom. The van der Waals surface area contributed by atoms with E-state index in [-0.39, 0.29) is 0 Å². The Hall–Kier alpha value is -2.45. The maximum atomic E-state index is 13.4. The minimum absolute atomic E-state index is 0.409. The van der Waals surface area contributed by atoms with Gasteiger partial charge in [-0.3, -0.25) is 4.90 Å². The molecule has 2 aromatic heterocycles. The van der Waals surface area contributed by atoms with Gasteiger partial charge in [-0.05, 0) is 55.6 Å². The van der Waals surface area contributed by atoms with Crippen LogP contribution in [0.5, 0.6) is 0 Å². The van der Waals surface area contributed by atoms with Crippen LogP contribution in [0.1, 0.15) is 24.3 Å². The molecule has 0 aliphatic carbocycles. The molecule has 0 unspecified atom stereocenters. The molecule has 0 atom stereocenters. The number of hydrogen-bond donors (Lipinski definition) is 2. The van der Waals surface area contributed by atoms with Gasteiger partial charge in [0.2, 0.25) is 0 Å². The molecule has 154 valence electrons. The average Bonchev–Trinajstić information content (AvgIpc) is 2.64. The SMILES string of the molecule is Nc1ccnc(Nc2cc(C3CCN(C4COC4)CC3)cc(N3CC(F)C3)n2)c1. The topological polar surface area (TPSA) is 79.5 Å². The number of nitrogens with zero attached hydrogens (tertiary/aromatic N) is 4. The number of pyridine rings is 2. The molecule has 0 spiro atoms. The van der Waals surface area contributed by atoms with Gasteiger partial charge in [0.15, 0.2) is 0 Å². The number of anilines is 4. The number of nitrogens with one attached hydrogen (secondary N) is 1. The number of nitrogens with two attached hydrogens (primary N) is 1. The molecule has 5 heterocycles. The number of piperidine rings is 1. The Labute approximate surface area is 170 Å². The highest BCUT2D eigenvalue weighted by Crippen LogP contribution is 2.34. The summed E-state index contributed by atoms with van der Waals surface area (Å²) in [6.07, 6.45) is 3.13. The summed E-state index contributed by atoms with van der Waals surface area (Å²) in [7, 11) is 0. The van der Waals surface area contributed by atoms with Crippen LogP contribution < -0.4 is 16.0 Å². The lowest BCUT2D eigenvalue weighted by molar-refractivity contribution is -0.0712. The quantitative estimate of drug-likeness (QED) is 0.801. The standard InChI is InChI=1S/C21H27FN6O/c22-16-10-28(11-16)21-8-15(14-2-5-27(6-3-14)18-12-29-13-18)7-20(26-21)25-19-9-17(23)1-4-24-19/h1,4,7-9,14,16,18H,2-3,5-6,10-13H2,(H3,23,24,25,26). The van der Waals surface area contributed by atoms with E-state index >= 15 is 0 Å². The second-order valence-corrected chi connectivity index (χ2v) is 8.25. The average molecular weight is 398 g/mol. The number of likely N-dealkylation sites (tertiary alicyclic amines) is 1. The van der Waals surface area contributed by atoms with E-state index < -0.39 is 6.17 Å². The van der Waals surface area contributed by atoms with E-state index in [1.165, 1.54) is 5.56 Å². The molecule has 3 fully saturated rings. The molecular weight excluding hydrogens is 371 g/mol. The molecule has 0 radical (unpaired) electrons. The van der Waals surface area contributed by atoms with Crippen LogP contribution in [-0.4, -0.2) is 66.5 Å². The third kappa shape index (κ3) is 4.00. The Morgan fingerprint density at radius 3 is 2.55 bits per heavy atom. The maximum absolute atomic E-state index is 13.4. The van der Waals surface area contributed by atoms with E-state index in [1.807, 2.05) is 4.90 Å². The van der Waals surface area contributed by atoms with Crippen molar-refractivity contribution in [3.05, 3.63) is 36.0 Å². The van der Waals surface area contributed by atoms with Gasteiger partial charge in [-0.15, -0.1) is 0 Å². The molecule has 2 aromatic rings. The van der Waals surface area contributed by atoms with Gasteiger partial charge < -0.3 is 20.7 Å². The van der Waals surface area contributed by atoms with Gasteiger partial charge in [0.1, 0.15) is 23.6 Å². The fourth-order valence-corrected chi connectivity index (χ4v) is 4.29. The van der Waals surface area contributed by atoms with Gasteiger partial charge in [-0.25, -0.2) is 14.4 Å². The summed E-state index contributed by atoms with van der Waals surface area (Å²) in [5.41, 5.74) is 7.78. The second-order valence-electron chi connectivity index (χ2n) is 8.25. The van der Waals surface area contributed by atoms with E-state index in [2.05, 4.69) is 27.3 Å². The molecule has 8 heteroatoms. The summed E-state index contributed by atoms with van der Waals surface area (Å²) in [5.74, 6) is 2.70. The minimum atomic E-state index is -0.764. The monoisotopic (exact) mass is 398 g/mol. The lowest BCUT2D eigenvalue weighted by Gasteiger charge is -2.41. The Kier molecular flexibility index (Phi) is 4.97. The van der Waals surface area contributed by atoms with Crippen molar-refractivity contribution in [2.24, 2.45) is 0 Å². The highest BCUT2D eigenvalue weighted by molar-refractivity contribution is 5.60. The first-order valence-corrected chi connectivity index (χ1v) is 10.4. The van der Waals surface area contributed by atoms with Crippen LogP contribution in [0.3, 0.4) is 0 Å². The molecule has 5 rings (SSSR count). The van der Waals surface area contributed by atoms with Crippen LogP contribution in [0.15, 0.2) is 30.5 Å². The van der Waals surface area contributed by atoms with Crippen molar-refractivity contribution >= 4 is 23.1 Å². The summed E-state index contributed by atoms with van der Waals surface area (Å²) < 4.78 is 18.8. The van der Waals surface area contributed by atoms with Gasteiger partial charge in [0, 0.05) is 18.0 Å². The molecule has 29 heavy (non-hydrogen) atoms. The molecular formula is C21H27FN6O. The van der Waals surface area contributed by atoms with Gasteiger partial charge in [0.05, 0.1) is 32.3 Å². The third-order valence-corrected chi connectivity index (χ3v) is 6.17. The summed E-state index contributed by atoms with van der Waals surface area (Å²) in [6.45, 7) is 4.73. The number of alkyl halides is 1. The first-order chi connectivity index (χ1) is 14.1. The Morgan fingerprint density at radius 2 is 1.90 bits per heavy atom. The summed E-state index contributed by atoms with van der Waals surface area (Å²) in [6, 6.07) is 8.38. The van der Waals surface area contributed by atoms with Crippen molar-refractivity contribution < 1.29 is 9.13 Å². The Bertz CT molecular complexity index is 862. The molecule has 3 aliphatic heterocycles. The largest absolute Gasteiger partial charge is 0.399 e. The molecule has 0 amide bonds. The molecule has 3 aliphatic rings. The van der Waals surface area contributed by atoms with Crippen molar-refractivity contribution in [1.82, 2.24) is 14.9 Å². The van der Waals surface area contributed by atoms with Crippen LogP contribution >= 0.6 is 0 Å². The fourth-order valence-electron chi connectivity index (χ4n) is 4.29. The predicted molar refractivity (Wildman–Crippen MR) is 111 cm³/mol. The van der Waals surface area contributed by atoms with E-state index in [1.54, 1.807) is 18.3 Å². The van der Waals surface area contributed by atoms with Crippen molar-refractivity contribution in [3.8, 4) is 0 Å². The van der Waals surface area contributed by atoms with Crippen LogP contribution in [0, 0.1) is 0 Å². The van der Waals surface area contributed by atoms with Crippen molar-refractivity contribution in [2.75, 3.05) is 55.3 Å². The molecule has 0 aromatic carbocycles. The van der Waals surface area contributed by atoms with E-state index in [4.69, 9.17) is 15.5 Å². The lowest BCUT2D eigenvalue weighted by Crippen LogP contribution is -2.51. The molecule has 0 bridgehead atoms. The first kappa shape index (κ1) is 18.6. The highest BCUT2D eigenvalue weighted by Gasteiger charge is 2.32. The summed E-state index contributed by atoms with van der Waals surface area (Å²) in [4.78, 5) is 13.6. The zero-order chi connectivity index (χ0) is 19.8. The van der Waals surface area contributed by atoms with Gasteiger partial charge in [0.25, 0.3) is 0 Å². The summed E-state index contributed by atoms with van der Waals surface area (Å²) in [5, 5.41) is 3.27. The number of hydrogen-bond acceptors (Lipinski definition) is 7. The maximum Gasteiger partial charge on any atom is 0.135 e. The highest BCUT2D eigenvalue weighted by atomic mass is 19.1. The smallest absolute Gasteiger partial charge is 0.135 e. The number of nitrogen functional groups attached to an aromatic ring is 1. The van der Waals surface area contributed by atoms with Crippen LogP contribution in [0.4, 0.5) is 27.5 Å².